The third-order valence-corrected chi connectivity index (χ3v) is 5.72. The summed E-state index contributed by atoms with van der Waals surface area (Å²) >= 11 is 0. The molecule has 1 aromatic heterocycles. The number of carbonyl (C=O) groups is 1. The van der Waals surface area contributed by atoms with Crippen molar-refractivity contribution >= 4 is 11.7 Å². The highest BCUT2D eigenvalue weighted by atomic mass is 16.2. The lowest BCUT2D eigenvalue weighted by atomic mass is 10.0. The number of nitrogens with zero attached hydrogens (tertiary/aromatic N) is 4. The van der Waals surface area contributed by atoms with Gasteiger partial charge in [-0.2, -0.15) is 0 Å². The standard InChI is InChI=1S/C25H28N4O/c1-18-8-7-11-22(16-18)24-26-19(2)23(17-21-9-5-4-6-10-21)25(27-24)29-14-12-28(13-15-29)20(3)30/h4-11,16H,12-15,17H2,1-3H3. The number of aryl methyl sites for hydroxylation is 2. The fraction of sp³-hybridized carbons (Fsp3) is 0.320. The van der Waals surface area contributed by atoms with Crippen LogP contribution >= 0.6 is 0 Å². The van der Waals surface area contributed by atoms with Gasteiger partial charge in [0.2, 0.25) is 5.91 Å². The molecule has 0 atom stereocenters. The lowest BCUT2D eigenvalue weighted by Gasteiger charge is -2.36. The molecule has 0 unspecified atom stereocenters. The molecule has 154 valence electrons. The molecule has 30 heavy (non-hydrogen) atoms. The van der Waals surface area contributed by atoms with E-state index >= 15 is 0 Å². The van der Waals surface area contributed by atoms with Crippen LogP contribution in [0.3, 0.4) is 0 Å². The van der Waals surface area contributed by atoms with Crippen molar-refractivity contribution in [1.29, 1.82) is 0 Å². The molecule has 2 aromatic carbocycles. The molecule has 3 aromatic rings. The fourth-order valence-corrected chi connectivity index (χ4v) is 4.00. The van der Waals surface area contributed by atoms with Crippen LogP contribution in [0.2, 0.25) is 0 Å². The molecule has 0 bridgehead atoms. The van der Waals surface area contributed by atoms with Crippen LogP contribution in [0.1, 0.15) is 29.3 Å². The van der Waals surface area contributed by atoms with Crippen molar-refractivity contribution < 1.29 is 4.79 Å². The van der Waals surface area contributed by atoms with Gasteiger partial charge in [0.15, 0.2) is 5.82 Å². The van der Waals surface area contributed by atoms with Crippen molar-refractivity contribution in [2.45, 2.75) is 27.2 Å². The molecule has 1 amide bonds. The second kappa shape index (κ2) is 8.66. The number of piperazine rings is 1. The van der Waals surface area contributed by atoms with E-state index in [-0.39, 0.29) is 5.91 Å². The first-order valence-corrected chi connectivity index (χ1v) is 10.5. The number of hydrogen-bond acceptors (Lipinski definition) is 4. The van der Waals surface area contributed by atoms with E-state index in [1.165, 1.54) is 11.1 Å². The van der Waals surface area contributed by atoms with E-state index in [0.29, 0.717) is 0 Å². The minimum Gasteiger partial charge on any atom is -0.353 e. The number of hydrogen-bond donors (Lipinski definition) is 0. The Morgan fingerprint density at radius 3 is 2.33 bits per heavy atom. The summed E-state index contributed by atoms with van der Waals surface area (Å²) < 4.78 is 0. The van der Waals surface area contributed by atoms with Gasteiger partial charge in [-0.1, -0.05) is 54.1 Å². The highest BCUT2D eigenvalue weighted by Crippen LogP contribution is 2.28. The van der Waals surface area contributed by atoms with Crippen LogP contribution in [-0.4, -0.2) is 47.0 Å². The molecular weight excluding hydrogens is 372 g/mol. The van der Waals surface area contributed by atoms with Crippen LogP contribution < -0.4 is 4.90 Å². The van der Waals surface area contributed by atoms with Crippen molar-refractivity contribution in [2.75, 3.05) is 31.1 Å². The molecule has 5 nitrogen and oxygen atoms in total. The van der Waals surface area contributed by atoms with Gasteiger partial charge >= 0.3 is 0 Å². The first-order valence-electron chi connectivity index (χ1n) is 10.5. The average Bonchev–Trinajstić information content (AvgIpc) is 2.76. The smallest absolute Gasteiger partial charge is 0.219 e. The predicted octanol–water partition coefficient (Wildman–Crippen LogP) is 4.02. The highest BCUT2D eigenvalue weighted by Gasteiger charge is 2.24. The average molecular weight is 401 g/mol. The lowest BCUT2D eigenvalue weighted by molar-refractivity contribution is -0.129. The molecule has 4 rings (SSSR count). The van der Waals surface area contributed by atoms with Crippen molar-refractivity contribution in [1.82, 2.24) is 14.9 Å². The minimum atomic E-state index is 0.137. The maximum Gasteiger partial charge on any atom is 0.219 e. The molecule has 2 heterocycles. The molecule has 0 N–H and O–H groups in total. The van der Waals surface area contributed by atoms with E-state index in [2.05, 4.69) is 61.2 Å². The van der Waals surface area contributed by atoms with Gasteiger partial charge in [0.1, 0.15) is 5.82 Å². The minimum absolute atomic E-state index is 0.137. The van der Waals surface area contributed by atoms with Crippen LogP contribution in [0.4, 0.5) is 5.82 Å². The van der Waals surface area contributed by atoms with E-state index in [9.17, 15) is 4.79 Å². The normalized spacial score (nSPS) is 14.1. The molecule has 0 radical (unpaired) electrons. The first-order chi connectivity index (χ1) is 14.5. The van der Waals surface area contributed by atoms with E-state index in [0.717, 1.165) is 61.1 Å². The van der Waals surface area contributed by atoms with Gasteiger partial charge in [-0.15, -0.1) is 0 Å². The maximum absolute atomic E-state index is 11.8. The number of benzene rings is 2. The molecule has 0 aliphatic carbocycles. The fourth-order valence-electron chi connectivity index (χ4n) is 4.00. The number of amides is 1. The van der Waals surface area contributed by atoms with Crippen molar-refractivity contribution in [3.05, 3.63) is 77.0 Å². The zero-order chi connectivity index (χ0) is 21.1. The van der Waals surface area contributed by atoms with Crippen molar-refractivity contribution in [2.24, 2.45) is 0 Å². The summed E-state index contributed by atoms with van der Waals surface area (Å²) in [5.41, 5.74) is 5.64. The summed E-state index contributed by atoms with van der Waals surface area (Å²) in [7, 11) is 0. The molecular formula is C25H28N4O. The molecule has 0 saturated carbocycles. The SMILES string of the molecule is CC(=O)N1CCN(c2nc(-c3cccc(C)c3)nc(C)c2Cc2ccccc2)CC1. The predicted molar refractivity (Wildman–Crippen MR) is 121 cm³/mol. The number of aromatic nitrogens is 2. The van der Waals surface area contributed by atoms with Crippen LogP contribution in [0.15, 0.2) is 54.6 Å². The zero-order valence-corrected chi connectivity index (χ0v) is 17.9. The Hall–Kier alpha value is -3.21. The summed E-state index contributed by atoms with van der Waals surface area (Å²) in [4.78, 5) is 25.9. The monoisotopic (exact) mass is 400 g/mol. The van der Waals surface area contributed by atoms with Gasteiger partial charge in [0.05, 0.1) is 0 Å². The Balaban J connectivity index is 1.74. The van der Waals surface area contributed by atoms with E-state index in [1.807, 2.05) is 17.0 Å². The quantitative estimate of drug-likeness (QED) is 0.664. The third-order valence-electron chi connectivity index (χ3n) is 5.72. The Labute approximate surface area is 178 Å². The number of rotatable bonds is 4. The van der Waals surface area contributed by atoms with E-state index in [4.69, 9.17) is 9.97 Å². The van der Waals surface area contributed by atoms with E-state index < -0.39 is 0 Å². The highest BCUT2D eigenvalue weighted by molar-refractivity contribution is 5.73. The summed E-state index contributed by atoms with van der Waals surface area (Å²) in [6, 6.07) is 18.8. The first kappa shape index (κ1) is 20.1. The molecule has 1 fully saturated rings. The van der Waals surface area contributed by atoms with Crippen LogP contribution in [0.5, 0.6) is 0 Å². The second-order valence-corrected chi connectivity index (χ2v) is 7.96. The molecule has 1 saturated heterocycles. The summed E-state index contributed by atoms with van der Waals surface area (Å²) in [5, 5.41) is 0. The maximum atomic E-state index is 11.8. The van der Waals surface area contributed by atoms with Gasteiger partial charge in [0.25, 0.3) is 0 Å². The largest absolute Gasteiger partial charge is 0.353 e. The van der Waals surface area contributed by atoms with Gasteiger partial charge in [0, 0.05) is 56.3 Å². The molecule has 5 heteroatoms. The Morgan fingerprint density at radius 2 is 1.67 bits per heavy atom. The van der Waals surface area contributed by atoms with Gasteiger partial charge < -0.3 is 9.80 Å². The second-order valence-electron chi connectivity index (χ2n) is 7.96. The van der Waals surface area contributed by atoms with Crippen LogP contribution in [-0.2, 0) is 11.2 Å². The van der Waals surface area contributed by atoms with Crippen molar-refractivity contribution in [3.63, 3.8) is 0 Å². The topological polar surface area (TPSA) is 49.3 Å². The van der Waals surface area contributed by atoms with Gasteiger partial charge in [-0.3, -0.25) is 4.79 Å². The Kier molecular flexibility index (Phi) is 5.79. The Bertz CT molecular complexity index is 1040. The summed E-state index contributed by atoms with van der Waals surface area (Å²) in [6.45, 7) is 8.82. The third kappa shape index (κ3) is 4.35. The van der Waals surface area contributed by atoms with Crippen LogP contribution in [0, 0.1) is 13.8 Å². The van der Waals surface area contributed by atoms with Gasteiger partial charge in [-0.25, -0.2) is 9.97 Å². The zero-order valence-electron chi connectivity index (χ0n) is 17.9. The summed E-state index contributed by atoms with van der Waals surface area (Å²) in [6.07, 6.45) is 0.795. The van der Waals surface area contributed by atoms with Crippen LogP contribution in [0.25, 0.3) is 11.4 Å². The number of anilines is 1. The molecule has 1 aliphatic heterocycles. The summed E-state index contributed by atoms with van der Waals surface area (Å²) in [5.74, 6) is 1.89. The lowest BCUT2D eigenvalue weighted by Crippen LogP contribution is -2.48. The van der Waals surface area contributed by atoms with Gasteiger partial charge in [-0.05, 0) is 25.5 Å². The van der Waals surface area contributed by atoms with E-state index in [1.54, 1.807) is 6.92 Å². The molecule has 1 aliphatic rings. The molecule has 0 spiro atoms. The Morgan fingerprint density at radius 1 is 0.933 bits per heavy atom. The van der Waals surface area contributed by atoms with Crippen molar-refractivity contribution in [3.8, 4) is 11.4 Å². The number of carbonyl (C=O) groups excluding carboxylic acids is 1.